The summed E-state index contributed by atoms with van der Waals surface area (Å²) in [7, 11) is 0. The van der Waals surface area contributed by atoms with Crippen LogP contribution in [0.1, 0.15) is 19.3 Å². The van der Waals surface area contributed by atoms with Gasteiger partial charge in [-0.1, -0.05) is 18.2 Å². The van der Waals surface area contributed by atoms with E-state index in [2.05, 4.69) is 10.2 Å². The molecule has 0 bridgehead atoms. The smallest absolute Gasteiger partial charge is 0.321 e. The maximum absolute atomic E-state index is 12.4. The van der Waals surface area contributed by atoms with Crippen molar-refractivity contribution in [1.29, 1.82) is 0 Å². The van der Waals surface area contributed by atoms with Crippen LogP contribution < -0.4 is 5.32 Å². The summed E-state index contributed by atoms with van der Waals surface area (Å²) < 4.78 is 0. The second-order valence-corrected chi connectivity index (χ2v) is 6.50. The van der Waals surface area contributed by atoms with Crippen molar-refractivity contribution in [3.05, 3.63) is 30.3 Å². The zero-order valence-electron chi connectivity index (χ0n) is 14.1. The molecule has 3 amide bonds. The van der Waals surface area contributed by atoms with Crippen LogP contribution in [0.25, 0.3) is 0 Å². The number of carbonyl (C=O) groups is 2. The van der Waals surface area contributed by atoms with Crippen LogP contribution in [-0.2, 0) is 4.79 Å². The minimum Gasteiger partial charge on any atom is -0.342 e. The molecule has 0 spiro atoms. The number of amides is 3. The second kappa shape index (κ2) is 8.15. The molecular formula is C18H26N4O2. The second-order valence-electron chi connectivity index (χ2n) is 6.50. The minimum absolute atomic E-state index is 0.0612. The highest BCUT2D eigenvalue weighted by Gasteiger charge is 2.23. The van der Waals surface area contributed by atoms with Gasteiger partial charge in [0.25, 0.3) is 0 Å². The third-order valence-electron chi connectivity index (χ3n) is 4.72. The van der Waals surface area contributed by atoms with Gasteiger partial charge in [0.15, 0.2) is 0 Å². The number of nitrogens with one attached hydrogen (secondary N) is 1. The molecule has 1 aromatic rings. The van der Waals surface area contributed by atoms with Gasteiger partial charge in [0, 0.05) is 45.0 Å². The SMILES string of the molecule is O=C(CN1CCCN(C(=O)Nc2ccccc2)CC1)N1CCCC1. The fourth-order valence-corrected chi connectivity index (χ4v) is 3.31. The molecular weight excluding hydrogens is 304 g/mol. The zero-order chi connectivity index (χ0) is 16.8. The number of hydrogen-bond acceptors (Lipinski definition) is 3. The van der Waals surface area contributed by atoms with Crippen molar-refractivity contribution in [2.45, 2.75) is 19.3 Å². The number of anilines is 1. The standard InChI is InChI=1S/C18H26N4O2/c23-17(21-10-4-5-11-21)15-20-9-6-12-22(14-13-20)18(24)19-16-7-2-1-3-8-16/h1-3,7-8H,4-6,9-15H2,(H,19,24). The average Bonchev–Trinajstić information content (AvgIpc) is 3.03. The maximum atomic E-state index is 12.4. The summed E-state index contributed by atoms with van der Waals surface area (Å²) >= 11 is 0. The fourth-order valence-electron chi connectivity index (χ4n) is 3.31. The predicted molar refractivity (Wildman–Crippen MR) is 93.9 cm³/mol. The molecule has 0 aliphatic carbocycles. The van der Waals surface area contributed by atoms with Gasteiger partial charge in [-0.2, -0.15) is 0 Å². The monoisotopic (exact) mass is 330 g/mol. The van der Waals surface area contributed by atoms with Crippen molar-refractivity contribution in [3.8, 4) is 0 Å². The lowest BCUT2D eigenvalue weighted by Gasteiger charge is -2.24. The number of carbonyl (C=O) groups excluding carboxylic acids is 2. The first-order valence-electron chi connectivity index (χ1n) is 8.83. The first-order valence-corrected chi connectivity index (χ1v) is 8.83. The molecule has 1 N–H and O–H groups in total. The minimum atomic E-state index is -0.0612. The lowest BCUT2D eigenvalue weighted by atomic mass is 10.3. The number of hydrogen-bond donors (Lipinski definition) is 1. The Hall–Kier alpha value is -2.08. The highest BCUT2D eigenvalue weighted by atomic mass is 16.2. The van der Waals surface area contributed by atoms with Crippen LogP contribution in [0.5, 0.6) is 0 Å². The van der Waals surface area contributed by atoms with Crippen LogP contribution in [0, 0.1) is 0 Å². The molecule has 24 heavy (non-hydrogen) atoms. The van der Waals surface area contributed by atoms with Crippen LogP contribution >= 0.6 is 0 Å². The summed E-state index contributed by atoms with van der Waals surface area (Å²) in [6, 6.07) is 9.45. The molecule has 0 atom stereocenters. The Labute approximate surface area is 143 Å². The molecule has 2 fully saturated rings. The number of urea groups is 1. The van der Waals surface area contributed by atoms with E-state index in [-0.39, 0.29) is 11.9 Å². The molecule has 0 saturated carbocycles. The summed E-state index contributed by atoms with van der Waals surface area (Å²) in [6.45, 7) is 5.29. The molecule has 6 heteroatoms. The fraction of sp³-hybridized carbons (Fsp3) is 0.556. The van der Waals surface area contributed by atoms with Gasteiger partial charge in [0.1, 0.15) is 0 Å². The van der Waals surface area contributed by atoms with Crippen molar-refractivity contribution in [2.24, 2.45) is 0 Å². The van der Waals surface area contributed by atoms with Gasteiger partial charge >= 0.3 is 6.03 Å². The lowest BCUT2D eigenvalue weighted by Crippen LogP contribution is -2.41. The van der Waals surface area contributed by atoms with Crippen LogP contribution in [0.3, 0.4) is 0 Å². The van der Waals surface area contributed by atoms with E-state index < -0.39 is 0 Å². The molecule has 1 aromatic carbocycles. The predicted octanol–water partition coefficient (Wildman–Crippen LogP) is 1.85. The molecule has 0 unspecified atom stereocenters. The topological polar surface area (TPSA) is 55.9 Å². The van der Waals surface area contributed by atoms with Gasteiger partial charge in [-0.25, -0.2) is 4.79 Å². The Morgan fingerprint density at radius 2 is 1.54 bits per heavy atom. The van der Waals surface area contributed by atoms with Crippen LogP contribution in [0.4, 0.5) is 10.5 Å². The van der Waals surface area contributed by atoms with Gasteiger partial charge < -0.3 is 15.1 Å². The van der Waals surface area contributed by atoms with Crippen molar-refractivity contribution >= 4 is 17.6 Å². The van der Waals surface area contributed by atoms with E-state index in [0.717, 1.165) is 57.7 Å². The zero-order valence-corrected chi connectivity index (χ0v) is 14.1. The van der Waals surface area contributed by atoms with E-state index in [1.54, 1.807) is 0 Å². The summed E-state index contributed by atoms with van der Waals surface area (Å²) in [6.07, 6.45) is 3.15. The molecule has 3 rings (SSSR count). The summed E-state index contributed by atoms with van der Waals surface area (Å²) in [5.74, 6) is 0.231. The Morgan fingerprint density at radius 3 is 2.29 bits per heavy atom. The lowest BCUT2D eigenvalue weighted by molar-refractivity contribution is -0.131. The first-order chi connectivity index (χ1) is 11.7. The Bertz CT molecular complexity index is 557. The van der Waals surface area contributed by atoms with E-state index in [4.69, 9.17) is 0 Å². The Balaban J connectivity index is 1.47. The van der Waals surface area contributed by atoms with Crippen LogP contribution in [0.15, 0.2) is 30.3 Å². The normalized spacial score (nSPS) is 19.2. The van der Waals surface area contributed by atoms with Crippen molar-refractivity contribution in [2.75, 3.05) is 51.1 Å². The van der Waals surface area contributed by atoms with Crippen LogP contribution in [-0.4, -0.2) is 72.5 Å². The molecule has 130 valence electrons. The third-order valence-corrected chi connectivity index (χ3v) is 4.72. The highest BCUT2D eigenvalue weighted by Crippen LogP contribution is 2.11. The average molecular weight is 330 g/mol. The molecule has 2 aliphatic rings. The molecule has 0 radical (unpaired) electrons. The van der Waals surface area contributed by atoms with E-state index in [9.17, 15) is 9.59 Å². The molecule has 0 aromatic heterocycles. The van der Waals surface area contributed by atoms with Crippen molar-refractivity contribution < 1.29 is 9.59 Å². The molecule has 2 heterocycles. The van der Waals surface area contributed by atoms with Gasteiger partial charge in [0.05, 0.1) is 6.54 Å². The number of para-hydroxylation sites is 1. The molecule has 6 nitrogen and oxygen atoms in total. The first kappa shape index (κ1) is 16.8. The quantitative estimate of drug-likeness (QED) is 0.920. The Kier molecular flexibility index (Phi) is 5.69. The Morgan fingerprint density at radius 1 is 0.833 bits per heavy atom. The summed E-state index contributed by atoms with van der Waals surface area (Å²) in [5, 5.41) is 2.93. The summed E-state index contributed by atoms with van der Waals surface area (Å²) in [5.41, 5.74) is 0.813. The van der Waals surface area contributed by atoms with Gasteiger partial charge in [-0.15, -0.1) is 0 Å². The maximum Gasteiger partial charge on any atom is 0.321 e. The van der Waals surface area contributed by atoms with Crippen molar-refractivity contribution in [3.63, 3.8) is 0 Å². The number of nitrogens with zero attached hydrogens (tertiary/aromatic N) is 3. The van der Waals surface area contributed by atoms with Gasteiger partial charge in [-0.05, 0) is 31.4 Å². The molecule has 2 saturated heterocycles. The van der Waals surface area contributed by atoms with Gasteiger partial charge in [0.2, 0.25) is 5.91 Å². The number of benzene rings is 1. The van der Waals surface area contributed by atoms with E-state index in [1.165, 1.54) is 0 Å². The van der Waals surface area contributed by atoms with Crippen LogP contribution in [0.2, 0.25) is 0 Å². The van der Waals surface area contributed by atoms with E-state index in [0.29, 0.717) is 13.1 Å². The van der Waals surface area contributed by atoms with Crippen molar-refractivity contribution in [1.82, 2.24) is 14.7 Å². The summed E-state index contributed by atoms with van der Waals surface area (Å²) in [4.78, 5) is 30.6. The largest absolute Gasteiger partial charge is 0.342 e. The highest BCUT2D eigenvalue weighted by molar-refractivity contribution is 5.89. The number of likely N-dealkylation sites (tertiary alicyclic amines) is 1. The molecule has 2 aliphatic heterocycles. The van der Waals surface area contributed by atoms with Gasteiger partial charge in [-0.3, -0.25) is 9.69 Å². The van der Waals surface area contributed by atoms with E-state index in [1.807, 2.05) is 40.1 Å². The number of rotatable bonds is 3. The van der Waals surface area contributed by atoms with E-state index >= 15 is 0 Å². The third kappa shape index (κ3) is 4.47.